The van der Waals surface area contributed by atoms with Crippen LogP contribution in [0, 0.1) is 0 Å². The Hall–Kier alpha value is -0.363. The molecule has 118 valence electrons. The summed E-state index contributed by atoms with van der Waals surface area (Å²) in [5.41, 5.74) is 1.47. The molecule has 1 aliphatic heterocycles. The Labute approximate surface area is 123 Å². The first-order valence-corrected chi connectivity index (χ1v) is 9.69. The SMILES string of the molecule is CC(C)[Si](OC[C@@H]1OC=C[C@H](O)[C@@H]1O)(C(C)C)C(C)C. The highest BCUT2D eigenvalue weighted by atomic mass is 28.4. The Kier molecular flexibility index (Phi) is 6.25. The molecule has 1 rings (SSSR count). The summed E-state index contributed by atoms with van der Waals surface area (Å²) in [7, 11) is -1.96. The molecule has 2 N–H and O–H groups in total. The van der Waals surface area contributed by atoms with Crippen LogP contribution in [0.4, 0.5) is 0 Å². The van der Waals surface area contributed by atoms with Crippen LogP contribution in [0.5, 0.6) is 0 Å². The molecule has 0 aliphatic carbocycles. The van der Waals surface area contributed by atoms with E-state index in [-0.39, 0.29) is 0 Å². The summed E-state index contributed by atoms with van der Waals surface area (Å²) >= 11 is 0. The Balaban J connectivity index is 2.79. The maximum absolute atomic E-state index is 9.96. The van der Waals surface area contributed by atoms with Crippen LogP contribution in [0.1, 0.15) is 41.5 Å². The zero-order chi connectivity index (χ0) is 15.5. The molecule has 1 aliphatic rings. The molecule has 0 spiro atoms. The molecule has 0 unspecified atom stereocenters. The summed E-state index contributed by atoms with van der Waals surface area (Å²) in [4.78, 5) is 0. The Morgan fingerprint density at radius 1 is 1.05 bits per heavy atom. The van der Waals surface area contributed by atoms with Gasteiger partial charge in [0.25, 0.3) is 0 Å². The third-order valence-corrected chi connectivity index (χ3v) is 10.5. The predicted octanol–water partition coefficient (Wildman–Crippen LogP) is 2.81. The van der Waals surface area contributed by atoms with Crippen molar-refractivity contribution in [1.29, 1.82) is 0 Å². The van der Waals surface area contributed by atoms with Gasteiger partial charge in [-0.1, -0.05) is 41.5 Å². The van der Waals surface area contributed by atoms with Crippen LogP contribution in [-0.4, -0.2) is 43.4 Å². The lowest BCUT2D eigenvalue weighted by Gasteiger charge is -2.43. The van der Waals surface area contributed by atoms with E-state index in [0.717, 1.165) is 0 Å². The Bertz CT molecular complexity index is 306. The van der Waals surface area contributed by atoms with Crippen LogP contribution >= 0.6 is 0 Å². The zero-order valence-corrected chi connectivity index (χ0v) is 14.5. The molecule has 0 bridgehead atoms. The van der Waals surface area contributed by atoms with Gasteiger partial charge in [-0.3, -0.25) is 0 Å². The molecule has 1 heterocycles. The monoisotopic (exact) mass is 302 g/mol. The van der Waals surface area contributed by atoms with Gasteiger partial charge < -0.3 is 19.4 Å². The van der Waals surface area contributed by atoms with Crippen molar-refractivity contribution in [1.82, 2.24) is 0 Å². The second kappa shape index (κ2) is 7.07. The third-order valence-electron chi connectivity index (χ3n) is 4.46. The maximum atomic E-state index is 9.96. The smallest absolute Gasteiger partial charge is 0.200 e. The quantitative estimate of drug-likeness (QED) is 0.741. The Morgan fingerprint density at radius 3 is 2.00 bits per heavy atom. The van der Waals surface area contributed by atoms with Gasteiger partial charge in [0, 0.05) is 0 Å². The number of rotatable bonds is 6. The Morgan fingerprint density at radius 2 is 1.55 bits per heavy atom. The number of ether oxygens (including phenoxy) is 1. The van der Waals surface area contributed by atoms with Gasteiger partial charge in [0.05, 0.1) is 12.9 Å². The van der Waals surface area contributed by atoms with Crippen molar-refractivity contribution in [3.8, 4) is 0 Å². The highest BCUT2D eigenvalue weighted by Gasteiger charge is 2.46. The molecular formula is C15H30O4Si. The summed E-state index contributed by atoms with van der Waals surface area (Å²) < 4.78 is 11.8. The van der Waals surface area contributed by atoms with Gasteiger partial charge in [0.1, 0.15) is 18.3 Å². The van der Waals surface area contributed by atoms with E-state index in [4.69, 9.17) is 9.16 Å². The van der Waals surface area contributed by atoms with Crippen molar-refractivity contribution in [2.24, 2.45) is 0 Å². The van der Waals surface area contributed by atoms with E-state index in [0.29, 0.717) is 23.2 Å². The number of aliphatic hydroxyl groups is 2. The second-order valence-corrected chi connectivity index (χ2v) is 12.1. The van der Waals surface area contributed by atoms with E-state index in [2.05, 4.69) is 41.5 Å². The van der Waals surface area contributed by atoms with Gasteiger partial charge in [0.2, 0.25) is 8.32 Å². The summed E-state index contributed by atoms with van der Waals surface area (Å²) in [6, 6.07) is 0. The molecule has 0 amide bonds. The van der Waals surface area contributed by atoms with Crippen LogP contribution in [-0.2, 0) is 9.16 Å². The van der Waals surface area contributed by atoms with Crippen molar-refractivity contribution < 1.29 is 19.4 Å². The van der Waals surface area contributed by atoms with E-state index in [1.165, 1.54) is 12.3 Å². The summed E-state index contributed by atoms with van der Waals surface area (Å²) in [6.45, 7) is 13.7. The molecule has 20 heavy (non-hydrogen) atoms. The predicted molar refractivity (Wildman–Crippen MR) is 83.0 cm³/mol. The van der Waals surface area contributed by atoms with E-state index in [1.54, 1.807) is 0 Å². The molecule has 4 nitrogen and oxygen atoms in total. The van der Waals surface area contributed by atoms with Crippen LogP contribution in [0.2, 0.25) is 16.6 Å². The van der Waals surface area contributed by atoms with Crippen molar-refractivity contribution in [2.75, 3.05) is 6.61 Å². The normalized spacial score (nSPS) is 27.4. The van der Waals surface area contributed by atoms with Gasteiger partial charge in [0.15, 0.2) is 0 Å². The number of hydrogen-bond donors (Lipinski definition) is 2. The molecule has 0 saturated heterocycles. The fourth-order valence-electron chi connectivity index (χ4n) is 3.51. The van der Waals surface area contributed by atoms with E-state index < -0.39 is 26.6 Å². The maximum Gasteiger partial charge on any atom is 0.200 e. The van der Waals surface area contributed by atoms with Gasteiger partial charge in [-0.2, -0.15) is 0 Å². The lowest BCUT2D eigenvalue weighted by molar-refractivity contribution is -0.0792. The van der Waals surface area contributed by atoms with Gasteiger partial charge >= 0.3 is 0 Å². The standard InChI is InChI=1S/C15H30O4Si/c1-10(2)20(11(3)4,12(5)6)19-9-14-15(17)13(16)7-8-18-14/h7-8,10-17H,9H2,1-6H3/t13-,14-,15-/m0/s1. The number of aliphatic hydroxyl groups excluding tert-OH is 2. The fourth-order valence-corrected chi connectivity index (χ4v) is 8.96. The average molecular weight is 302 g/mol. The highest BCUT2D eigenvalue weighted by molar-refractivity contribution is 6.77. The van der Waals surface area contributed by atoms with E-state index >= 15 is 0 Å². The zero-order valence-electron chi connectivity index (χ0n) is 13.5. The first-order chi connectivity index (χ1) is 9.23. The second-order valence-electron chi connectivity index (χ2n) is 6.61. The van der Waals surface area contributed by atoms with Crippen molar-refractivity contribution in [3.05, 3.63) is 12.3 Å². The molecule has 0 saturated carbocycles. The number of hydrogen-bond acceptors (Lipinski definition) is 4. The first kappa shape index (κ1) is 17.7. The van der Waals surface area contributed by atoms with Crippen LogP contribution in [0.25, 0.3) is 0 Å². The van der Waals surface area contributed by atoms with E-state index in [9.17, 15) is 10.2 Å². The fraction of sp³-hybridized carbons (Fsp3) is 0.867. The van der Waals surface area contributed by atoms with Crippen molar-refractivity contribution >= 4 is 8.32 Å². The summed E-state index contributed by atoms with van der Waals surface area (Å²) in [5, 5.41) is 19.6. The summed E-state index contributed by atoms with van der Waals surface area (Å²) in [6.07, 6.45) is 0.635. The topological polar surface area (TPSA) is 58.9 Å². The van der Waals surface area contributed by atoms with Crippen molar-refractivity contribution in [3.63, 3.8) is 0 Å². The minimum Gasteiger partial charge on any atom is -0.493 e. The molecule has 0 radical (unpaired) electrons. The van der Waals surface area contributed by atoms with Gasteiger partial charge in [-0.05, 0) is 22.7 Å². The minimum atomic E-state index is -1.96. The molecule has 0 aromatic heterocycles. The molecule has 5 heteroatoms. The molecule has 0 fully saturated rings. The summed E-state index contributed by atoms with van der Waals surface area (Å²) in [5.74, 6) is 0. The largest absolute Gasteiger partial charge is 0.493 e. The van der Waals surface area contributed by atoms with E-state index in [1.807, 2.05) is 0 Å². The lowest BCUT2D eigenvalue weighted by atomic mass is 10.1. The van der Waals surface area contributed by atoms with Gasteiger partial charge in [-0.15, -0.1) is 0 Å². The molecular weight excluding hydrogens is 272 g/mol. The third kappa shape index (κ3) is 3.45. The van der Waals surface area contributed by atoms with Crippen LogP contribution in [0.3, 0.4) is 0 Å². The lowest BCUT2D eigenvalue weighted by Crippen LogP contribution is -2.51. The first-order valence-electron chi connectivity index (χ1n) is 7.55. The highest BCUT2D eigenvalue weighted by Crippen LogP contribution is 2.42. The van der Waals surface area contributed by atoms with Crippen molar-refractivity contribution in [2.45, 2.75) is 76.5 Å². The van der Waals surface area contributed by atoms with Gasteiger partial charge in [-0.25, -0.2) is 0 Å². The minimum absolute atomic E-state index is 0.337. The molecule has 0 aromatic carbocycles. The average Bonchev–Trinajstić information content (AvgIpc) is 2.33. The molecule has 3 atom stereocenters. The van der Waals surface area contributed by atoms with Crippen LogP contribution < -0.4 is 0 Å². The van der Waals surface area contributed by atoms with Crippen LogP contribution in [0.15, 0.2) is 12.3 Å². The molecule has 0 aromatic rings.